The Morgan fingerprint density at radius 2 is 2.10 bits per heavy atom. The number of anilines is 1. The second-order valence-electron chi connectivity index (χ2n) is 3.68. The first-order valence-corrected chi connectivity index (χ1v) is 8.43. The number of hydrogen-bond donors (Lipinski definition) is 1. The maximum Gasteiger partial charge on any atom is 0.341 e. The molecule has 21 heavy (non-hydrogen) atoms. The quantitative estimate of drug-likeness (QED) is 0.657. The highest BCUT2D eigenvalue weighted by atomic mass is 35.5. The van der Waals surface area contributed by atoms with Gasteiger partial charge in [0.2, 0.25) is 5.28 Å². The number of nitrogens with one attached hydrogen (secondary N) is 1. The maximum atomic E-state index is 12.2. The average molecular weight is 348 g/mol. The lowest BCUT2D eigenvalue weighted by molar-refractivity contribution is 0.0528. The zero-order valence-electron chi connectivity index (χ0n) is 10.7. The number of ether oxygens (including phenoxy) is 1. The Morgan fingerprint density at radius 3 is 2.71 bits per heavy atom. The van der Waals surface area contributed by atoms with Crippen LogP contribution in [-0.2, 0) is 14.8 Å². The van der Waals surface area contributed by atoms with E-state index in [9.17, 15) is 13.2 Å². The van der Waals surface area contributed by atoms with Gasteiger partial charge >= 0.3 is 5.97 Å². The van der Waals surface area contributed by atoms with Gasteiger partial charge in [-0.1, -0.05) is 0 Å². The summed E-state index contributed by atoms with van der Waals surface area (Å²) in [6.07, 6.45) is 2.16. The number of carbonyl (C=O) groups is 1. The van der Waals surface area contributed by atoms with Gasteiger partial charge in [-0.25, -0.2) is 23.2 Å². The molecule has 0 saturated heterocycles. The van der Waals surface area contributed by atoms with Crippen molar-refractivity contribution >= 4 is 43.9 Å². The standard InChI is InChI=1S/C11H10ClN3O4S2/c1-2-19-10(16)8-3-4-20-9(8)15-21(17,18)7-5-13-11(12)14-6-7/h3-6,15H,2H2,1H3. The second kappa shape index (κ2) is 6.37. The summed E-state index contributed by atoms with van der Waals surface area (Å²) in [6.45, 7) is 1.87. The molecule has 0 atom stereocenters. The molecule has 0 aliphatic carbocycles. The third-order valence-corrected chi connectivity index (χ3v) is 4.75. The first-order valence-electron chi connectivity index (χ1n) is 5.69. The zero-order valence-corrected chi connectivity index (χ0v) is 13.1. The molecule has 2 aromatic heterocycles. The summed E-state index contributed by atoms with van der Waals surface area (Å²) >= 11 is 6.58. The van der Waals surface area contributed by atoms with Gasteiger partial charge in [-0.05, 0) is 30.0 Å². The van der Waals surface area contributed by atoms with Crippen LogP contribution < -0.4 is 4.72 Å². The van der Waals surface area contributed by atoms with Crippen molar-refractivity contribution in [2.24, 2.45) is 0 Å². The van der Waals surface area contributed by atoms with Gasteiger partial charge in [0.15, 0.2) is 0 Å². The molecule has 0 unspecified atom stereocenters. The summed E-state index contributed by atoms with van der Waals surface area (Å²) in [5.41, 5.74) is 0.153. The van der Waals surface area contributed by atoms with Crippen molar-refractivity contribution in [1.29, 1.82) is 0 Å². The van der Waals surface area contributed by atoms with E-state index in [2.05, 4.69) is 14.7 Å². The van der Waals surface area contributed by atoms with Crippen molar-refractivity contribution in [2.45, 2.75) is 11.8 Å². The minimum atomic E-state index is -3.90. The summed E-state index contributed by atoms with van der Waals surface area (Å²) in [4.78, 5) is 18.8. The first-order chi connectivity index (χ1) is 9.94. The van der Waals surface area contributed by atoms with Gasteiger partial charge in [-0.15, -0.1) is 11.3 Å². The van der Waals surface area contributed by atoms with Crippen molar-refractivity contribution in [3.63, 3.8) is 0 Å². The summed E-state index contributed by atoms with van der Waals surface area (Å²) in [7, 11) is -3.90. The number of thiophene rings is 1. The highest BCUT2D eigenvalue weighted by Gasteiger charge is 2.21. The van der Waals surface area contributed by atoms with E-state index in [-0.39, 0.29) is 27.4 Å². The lowest BCUT2D eigenvalue weighted by atomic mass is 10.3. The van der Waals surface area contributed by atoms with Crippen LogP contribution in [0.25, 0.3) is 0 Å². The molecule has 0 aliphatic rings. The molecule has 0 saturated carbocycles. The van der Waals surface area contributed by atoms with Gasteiger partial charge in [0.05, 0.1) is 24.6 Å². The Labute approximate surface area is 130 Å². The van der Waals surface area contributed by atoms with Crippen LogP contribution in [-0.4, -0.2) is 31.0 Å². The van der Waals surface area contributed by atoms with Gasteiger partial charge in [-0.2, -0.15) is 0 Å². The highest BCUT2D eigenvalue weighted by Crippen LogP contribution is 2.26. The average Bonchev–Trinajstić information content (AvgIpc) is 2.87. The Morgan fingerprint density at radius 1 is 1.43 bits per heavy atom. The van der Waals surface area contributed by atoms with Crippen LogP contribution in [0.3, 0.4) is 0 Å². The maximum absolute atomic E-state index is 12.2. The molecule has 0 bridgehead atoms. The van der Waals surface area contributed by atoms with Crippen molar-refractivity contribution in [3.8, 4) is 0 Å². The normalized spacial score (nSPS) is 11.1. The molecule has 7 nitrogen and oxygen atoms in total. The number of hydrogen-bond acceptors (Lipinski definition) is 7. The van der Waals surface area contributed by atoms with Gasteiger partial charge in [-0.3, -0.25) is 4.72 Å². The molecule has 0 amide bonds. The van der Waals surface area contributed by atoms with Crippen LogP contribution in [0.15, 0.2) is 28.7 Å². The molecule has 10 heteroatoms. The molecule has 0 fully saturated rings. The SMILES string of the molecule is CCOC(=O)c1ccsc1NS(=O)(=O)c1cnc(Cl)nc1. The number of nitrogens with zero attached hydrogens (tertiary/aromatic N) is 2. The Balaban J connectivity index is 2.27. The molecule has 0 spiro atoms. The first kappa shape index (κ1) is 15.7. The smallest absolute Gasteiger partial charge is 0.341 e. The van der Waals surface area contributed by atoms with E-state index in [0.717, 1.165) is 23.7 Å². The number of rotatable bonds is 5. The number of aromatic nitrogens is 2. The fourth-order valence-electron chi connectivity index (χ4n) is 1.38. The summed E-state index contributed by atoms with van der Waals surface area (Å²) < 4.78 is 31.5. The summed E-state index contributed by atoms with van der Waals surface area (Å²) in [5.74, 6) is -0.594. The van der Waals surface area contributed by atoms with E-state index in [1.807, 2.05) is 0 Å². The number of carbonyl (C=O) groups excluding carboxylic acids is 1. The van der Waals surface area contributed by atoms with E-state index >= 15 is 0 Å². The van der Waals surface area contributed by atoms with Crippen molar-refractivity contribution in [2.75, 3.05) is 11.3 Å². The minimum absolute atomic E-state index is 0.0581. The summed E-state index contributed by atoms with van der Waals surface area (Å²) in [5, 5.41) is 1.70. The predicted octanol–water partition coefficient (Wildman–Crippen LogP) is 2.17. The van der Waals surface area contributed by atoms with E-state index in [4.69, 9.17) is 16.3 Å². The third kappa shape index (κ3) is 3.69. The topological polar surface area (TPSA) is 98.2 Å². The Kier molecular flexibility index (Phi) is 4.76. The van der Waals surface area contributed by atoms with Crippen molar-refractivity contribution < 1.29 is 17.9 Å². The number of halogens is 1. The monoisotopic (exact) mass is 347 g/mol. The van der Waals surface area contributed by atoms with Gasteiger partial charge < -0.3 is 4.74 Å². The molecular weight excluding hydrogens is 338 g/mol. The molecule has 2 aromatic rings. The molecule has 0 aromatic carbocycles. The van der Waals surface area contributed by atoms with E-state index in [1.165, 1.54) is 6.07 Å². The highest BCUT2D eigenvalue weighted by molar-refractivity contribution is 7.93. The minimum Gasteiger partial charge on any atom is -0.462 e. The number of esters is 1. The molecule has 2 heterocycles. The zero-order chi connectivity index (χ0) is 15.5. The molecule has 112 valence electrons. The van der Waals surface area contributed by atoms with Gasteiger partial charge in [0.25, 0.3) is 10.0 Å². The molecule has 2 rings (SSSR count). The van der Waals surface area contributed by atoms with Crippen LogP contribution in [0.4, 0.5) is 5.00 Å². The second-order valence-corrected chi connectivity index (χ2v) is 6.61. The molecular formula is C11H10ClN3O4S2. The van der Waals surface area contributed by atoms with Crippen molar-refractivity contribution in [1.82, 2.24) is 9.97 Å². The van der Waals surface area contributed by atoms with Crippen LogP contribution in [0.2, 0.25) is 5.28 Å². The Bertz CT molecular complexity index is 743. The van der Waals surface area contributed by atoms with Gasteiger partial charge in [0, 0.05) is 0 Å². The molecule has 1 N–H and O–H groups in total. The fourth-order valence-corrected chi connectivity index (χ4v) is 3.47. The van der Waals surface area contributed by atoms with E-state index in [0.29, 0.717) is 0 Å². The third-order valence-electron chi connectivity index (χ3n) is 2.29. The van der Waals surface area contributed by atoms with Gasteiger partial charge in [0.1, 0.15) is 9.90 Å². The molecule has 0 aliphatic heterocycles. The lowest BCUT2D eigenvalue weighted by Crippen LogP contribution is -2.15. The van der Waals surface area contributed by atoms with E-state index in [1.54, 1.807) is 12.3 Å². The Hall–Kier alpha value is -1.71. The largest absolute Gasteiger partial charge is 0.462 e. The van der Waals surface area contributed by atoms with Crippen molar-refractivity contribution in [3.05, 3.63) is 34.7 Å². The van der Waals surface area contributed by atoms with Crippen LogP contribution >= 0.6 is 22.9 Å². The van der Waals surface area contributed by atoms with Crippen LogP contribution in [0, 0.1) is 0 Å². The lowest BCUT2D eigenvalue weighted by Gasteiger charge is -2.07. The molecule has 0 radical (unpaired) electrons. The van der Waals surface area contributed by atoms with Crippen LogP contribution in [0.5, 0.6) is 0 Å². The fraction of sp³-hybridized carbons (Fsp3) is 0.182. The van der Waals surface area contributed by atoms with E-state index < -0.39 is 16.0 Å². The predicted molar refractivity (Wildman–Crippen MR) is 78.1 cm³/mol. The van der Waals surface area contributed by atoms with Crippen LogP contribution in [0.1, 0.15) is 17.3 Å². The summed E-state index contributed by atoms with van der Waals surface area (Å²) in [6, 6.07) is 1.48. The number of sulfonamides is 1.